The van der Waals surface area contributed by atoms with E-state index in [1.54, 1.807) is 13.0 Å². The fraction of sp³-hybridized carbons (Fsp3) is 0.188. The molecule has 5 heteroatoms. The maximum absolute atomic E-state index is 13.2. The lowest BCUT2D eigenvalue weighted by Gasteiger charge is -2.20. The second kappa shape index (κ2) is 6.72. The first-order chi connectivity index (χ1) is 10.0. The molecule has 1 N–H and O–H groups in total. The Balaban J connectivity index is 2.34. The van der Waals surface area contributed by atoms with E-state index in [2.05, 4.69) is 21.2 Å². The minimum atomic E-state index is -0.684. The fourth-order valence-electron chi connectivity index (χ4n) is 2.06. The van der Waals surface area contributed by atoms with E-state index in [0.717, 1.165) is 10.2 Å². The van der Waals surface area contributed by atoms with Crippen molar-refractivity contribution in [3.63, 3.8) is 0 Å². The Bertz CT molecular complexity index is 643. The van der Waals surface area contributed by atoms with Gasteiger partial charge in [0.25, 0.3) is 0 Å². The number of esters is 1. The van der Waals surface area contributed by atoms with Gasteiger partial charge in [-0.15, -0.1) is 0 Å². The first kappa shape index (κ1) is 15.5. The molecule has 0 aliphatic heterocycles. The number of nitrogens with one attached hydrogen (secondary N) is 1. The van der Waals surface area contributed by atoms with Crippen LogP contribution in [0.2, 0.25) is 0 Å². The molecule has 110 valence electrons. The highest BCUT2D eigenvalue weighted by Crippen LogP contribution is 2.25. The van der Waals surface area contributed by atoms with Crippen molar-refractivity contribution in [1.82, 2.24) is 0 Å². The molecule has 0 fully saturated rings. The van der Waals surface area contributed by atoms with Crippen LogP contribution < -0.4 is 5.32 Å². The molecule has 0 saturated heterocycles. The van der Waals surface area contributed by atoms with Gasteiger partial charge in [-0.3, -0.25) is 0 Å². The Hall–Kier alpha value is -1.88. The SMILES string of the molecule is COC(=O)C(Nc1ccc(Br)cc1)c1ccc(F)cc1C. The standard InChI is InChI=1S/C16H15BrFNO2/c1-10-9-12(18)5-8-14(10)15(16(20)21-2)19-13-6-3-11(17)4-7-13/h3-9,15,19H,1-2H3. The highest BCUT2D eigenvalue weighted by molar-refractivity contribution is 9.10. The molecule has 2 rings (SSSR count). The van der Waals surface area contributed by atoms with Gasteiger partial charge < -0.3 is 10.1 Å². The molecule has 0 bridgehead atoms. The number of hydrogen-bond donors (Lipinski definition) is 1. The van der Waals surface area contributed by atoms with Crippen LogP contribution in [0.1, 0.15) is 17.2 Å². The van der Waals surface area contributed by atoms with Crippen LogP contribution in [-0.4, -0.2) is 13.1 Å². The number of hydrogen-bond acceptors (Lipinski definition) is 3. The first-order valence-electron chi connectivity index (χ1n) is 6.37. The summed E-state index contributed by atoms with van der Waals surface area (Å²) in [6.45, 7) is 1.76. The molecule has 0 amide bonds. The summed E-state index contributed by atoms with van der Waals surface area (Å²) in [6.07, 6.45) is 0. The second-order valence-electron chi connectivity index (χ2n) is 4.61. The monoisotopic (exact) mass is 351 g/mol. The Morgan fingerprint density at radius 1 is 1.24 bits per heavy atom. The van der Waals surface area contributed by atoms with Crippen molar-refractivity contribution in [2.75, 3.05) is 12.4 Å². The zero-order valence-corrected chi connectivity index (χ0v) is 13.3. The Labute approximate surface area is 131 Å². The molecule has 0 spiro atoms. The lowest BCUT2D eigenvalue weighted by Crippen LogP contribution is -2.23. The van der Waals surface area contributed by atoms with E-state index < -0.39 is 12.0 Å². The van der Waals surface area contributed by atoms with Crippen molar-refractivity contribution >= 4 is 27.6 Å². The van der Waals surface area contributed by atoms with Gasteiger partial charge in [0.1, 0.15) is 5.82 Å². The summed E-state index contributed by atoms with van der Waals surface area (Å²) in [5.74, 6) is -0.754. The number of benzene rings is 2. The predicted octanol–water partition coefficient (Wildman–Crippen LogP) is 4.22. The van der Waals surface area contributed by atoms with Crippen molar-refractivity contribution in [2.24, 2.45) is 0 Å². The zero-order chi connectivity index (χ0) is 15.4. The van der Waals surface area contributed by atoms with E-state index in [1.165, 1.54) is 19.2 Å². The van der Waals surface area contributed by atoms with Gasteiger partial charge in [0.05, 0.1) is 7.11 Å². The van der Waals surface area contributed by atoms with Crippen molar-refractivity contribution in [1.29, 1.82) is 0 Å². The topological polar surface area (TPSA) is 38.3 Å². The van der Waals surface area contributed by atoms with Crippen LogP contribution >= 0.6 is 15.9 Å². The number of aryl methyl sites for hydroxylation is 1. The van der Waals surface area contributed by atoms with Gasteiger partial charge >= 0.3 is 5.97 Å². The van der Waals surface area contributed by atoms with Crippen LogP contribution in [0.3, 0.4) is 0 Å². The van der Waals surface area contributed by atoms with Crippen LogP contribution in [0.25, 0.3) is 0 Å². The molecule has 0 aliphatic carbocycles. The Morgan fingerprint density at radius 2 is 1.90 bits per heavy atom. The number of carbonyl (C=O) groups is 1. The van der Waals surface area contributed by atoms with Gasteiger partial charge in [0.15, 0.2) is 6.04 Å². The molecule has 3 nitrogen and oxygen atoms in total. The van der Waals surface area contributed by atoms with Gasteiger partial charge in [0.2, 0.25) is 0 Å². The lowest BCUT2D eigenvalue weighted by molar-refractivity contribution is -0.141. The van der Waals surface area contributed by atoms with Crippen molar-refractivity contribution in [2.45, 2.75) is 13.0 Å². The van der Waals surface area contributed by atoms with E-state index >= 15 is 0 Å². The molecule has 1 unspecified atom stereocenters. The van der Waals surface area contributed by atoms with Gasteiger partial charge in [-0.1, -0.05) is 22.0 Å². The maximum Gasteiger partial charge on any atom is 0.332 e. The number of anilines is 1. The maximum atomic E-state index is 13.2. The molecule has 2 aromatic carbocycles. The van der Waals surface area contributed by atoms with E-state index in [1.807, 2.05) is 24.3 Å². The summed E-state index contributed by atoms with van der Waals surface area (Å²) in [5, 5.41) is 3.12. The third-order valence-electron chi connectivity index (χ3n) is 3.13. The number of methoxy groups -OCH3 is 1. The van der Waals surface area contributed by atoms with Crippen molar-refractivity contribution in [3.05, 3.63) is 63.9 Å². The van der Waals surface area contributed by atoms with E-state index in [0.29, 0.717) is 11.1 Å². The third kappa shape index (κ3) is 3.82. The molecule has 21 heavy (non-hydrogen) atoms. The molecule has 0 heterocycles. The highest BCUT2D eigenvalue weighted by Gasteiger charge is 2.23. The molecule has 0 radical (unpaired) electrons. The molecule has 2 aromatic rings. The minimum Gasteiger partial charge on any atom is -0.467 e. The smallest absolute Gasteiger partial charge is 0.332 e. The molecule has 0 aromatic heterocycles. The van der Waals surface area contributed by atoms with Crippen LogP contribution in [-0.2, 0) is 9.53 Å². The van der Waals surface area contributed by atoms with E-state index in [9.17, 15) is 9.18 Å². The first-order valence-corrected chi connectivity index (χ1v) is 7.16. The summed E-state index contributed by atoms with van der Waals surface area (Å²) in [5.41, 5.74) is 2.15. The van der Waals surface area contributed by atoms with Crippen LogP contribution in [0, 0.1) is 12.7 Å². The van der Waals surface area contributed by atoms with Crippen LogP contribution in [0.15, 0.2) is 46.9 Å². The zero-order valence-electron chi connectivity index (χ0n) is 11.7. The average Bonchev–Trinajstić information content (AvgIpc) is 2.47. The minimum absolute atomic E-state index is 0.330. The molecule has 0 aliphatic rings. The number of ether oxygens (including phenoxy) is 1. The number of halogens is 2. The van der Waals surface area contributed by atoms with Gasteiger partial charge in [-0.25, -0.2) is 9.18 Å². The lowest BCUT2D eigenvalue weighted by atomic mass is 10.0. The van der Waals surface area contributed by atoms with Crippen molar-refractivity contribution in [3.8, 4) is 0 Å². The molecule has 0 saturated carbocycles. The van der Waals surface area contributed by atoms with E-state index in [4.69, 9.17) is 4.74 Å². The Morgan fingerprint density at radius 3 is 2.48 bits per heavy atom. The quantitative estimate of drug-likeness (QED) is 0.838. The average molecular weight is 352 g/mol. The fourth-order valence-corrected chi connectivity index (χ4v) is 2.32. The Kier molecular flexibility index (Phi) is 4.96. The van der Waals surface area contributed by atoms with Gasteiger partial charge in [-0.2, -0.15) is 0 Å². The van der Waals surface area contributed by atoms with Gasteiger partial charge in [-0.05, 0) is 54.4 Å². The van der Waals surface area contributed by atoms with Crippen LogP contribution in [0.4, 0.5) is 10.1 Å². The summed E-state index contributed by atoms with van der Waals surface area (Å²) < 4.78 is 19.0. The van der Waals surface area contributed by atoms with Gasteiger partial charge in [0, 0.05) is 10.2 Å². The predicted molar refractivity (Wildman–Crippen MR) is 83.7 cm³/mol. The summed E-state index contributed by atoms with van der Waals surface area (Å²) in [6, 6.07) is 11.1. The van der Waals surface area contributed by atoms with E-state index in [-0.39, 0.29) is 5.82 Å². The number of carbonyl (C=O) groups excluding carboxylic acids is 1. The second-order valence-corrected chi connectivity index (χ2v) is 5.52. The summed E-state index contributed by atoms with van der Waals surface area (Å²) in [4.78, 5) is 12.0. The summed E-state index contributed by atoms with van der Waals surface area (Å²) >= 11 is 3.36. The normalized spacial score (nSPS) is 11.8. The largest absolute Gasteiger partial charge is 0.467 e. The number of rotatable bonds is 4. The highest BCUT2D eigenvalue weighted by atomic mass is 79.9. The van der Waals surface area contributed by atoms with Crippen LogP contribution in [0.5, 0.6) is 0 Å². The molecular weight excluding hydrogens is 337 g/mol. The van der Waals surface area contributed by atoms with Crippen molar-refractivity contribution < 1.29 is 13.9 Å². The third-order valence-corrected chi connectivity index (χ3v) is 3.66. The molecular formula is C16H15BrFNO2. The molecule has 1 atom stereocenters. The summed E-state index contributed by atoms with van der Waals surface area (Å²) in [7, 11) is 1.33.